The van der Waals surface area contributed by atoms with Crippen LogP contribution < -0.4 is 10.6 Å². The van der Waals surface area contributed by atoms with Gasteiger partial charge in [0.25, 0.3) is 0 Å². The molecule has 1 rings (SSSR count). The first-order valence-electron chi connectivity index (χ1n) is 12.2. The van der Waals surface area contributed by atoms with Crippen molar-refractivity contribution in [3.63, 3.8) is 0 Å². The number of amides is 4. The van der Waals surface area contributed by atoms with Crippen LogP contribution in [0.4, 0.5) is 9.59 Å². The van der Waals surface area contributed by atoms with E-state index in [9.17, 15) is 24.0 Å². The zero-order valence-corrected chi connectivity index (χ0v) is 19.9. The van der Waals surface area contributed by atoms with Gasteiger partial charge < -0.3 is 10.6 Å². The third-order valence-electron chi connectivity index (χ3n) is 5.98. The van der Waals surface area contributed by atoms with Crippen LogP contribution in [-0.2, 0) is 14.4 Å². The standard InChI is InChI=1S/C23H36N6O5/c30-18-24-13-7-1-3-9-15-26-22(33)29(17-11-5-6-12-21(29)28-20-32)23(34)27-16-10-4-2-8-14-25-19-31/h21H,1-17H2,(H-,26,27,33,34)/p+1. The van der Waals surface area contributed by atoms with Crippen LogP contribution in [0.25, 0.3) is 0 Å². The van der Waals surface area contributed by atoms with Gasteiger partial charge in [0.05, 0.1) is 19.6 Å². The summed E-state index contributed by atoms with van der Waals surface area (Å²) >= 11 is 0. The highest BCUT2D eigenvalue weighted by Crippen LogP contribution is 2.27. The maximum absolute atomic E-state index is 13.3. The van der Waals surface area contributed by atoms with Crippen molar-refractivity contribution < 1.29 is 28.5 Å². The van der Waals surface area contributed by atoms with Gasteiger partial charge in [-0.2, -0.15) is 0 Å². The van der Waals surface area contributed by atoms with E-state index in [4.69, 9.17) is 0 Å². The van der Waals surface area contributed by atoms with Gasteiger partial charge in [0.1, 0.15) is 0 Å². The fourth-order valence-electron chi connectivity index (χ4n) is 4.13. The molecule has 11 heteroatoms. The molecule has 188 valence electrons. The number of urea groups is 2. The zero-order chi connectivity index (χ0) is 24.9. The molecule has 0 aromatic rings. The average Bonchev–Trinajstić information content (AvgIpc) is 3.05. The van der Waals surface area contributed by atoms with Gasteiger partial charge in [-0.3, -0.25) is 0 Å². The Labute approximate surface area is 200 Å². The number of rotatable bonds is 15. The number of isocyanates is 3. The van der Waals surface area contributed by atoms with Gasteiger partial charge in [-0.1, -0.05) is 25.7 Å². The van der Waals surface area contributed by atoms with E-state index in [0.717, 1.165) is 64.2 Å². The lowest BCUT2D eigenvalue weighted by molar-refractivity contribution is -0.795. The Kier molecular flexibility index (Phi) is 15.8. The molecule has 1 heterocycles. The van der Waals surface area contributed by atoms with Crippen molar-refractivity contribution >= 4 is 30.3 Å². The summed E-state index contributed by atoms with van der Waals surface area (Å²) < 4.78 is -0.558. The first-order valence-corrected chi connectivity index (χ1v) is 12.2. The van der Waals surface area contributed by atoms with Crippen LogP contribution in [0, 0.1) is 0 Å². The highest BCUT2D eigenvalue weighted by molar-refractivity contribution is 5.83. The van der Waals surface area contributed by atoms with Gasteiger partial charge in [0.2, 0.25) is 24.4 Å². The predicted octanol–water partition coefficient (Wildman–Crippen LogP) is 3.25. The van der Waals surface area contributed by atoms with E-state index in [-0.39, 0.29) is 6.54 Å². The van der Waals surface area contributed by atoms with Crippen molar-refractivity contribution in [3.05, 3.63) is 0 Å². The molecule has 1 aliphatic heterocycles. The Hall–Kier alpha value is -2.96. The van der Waals surface area contributed by atoms with Crippen LogP contribution in [-0.4, -0.2) is 73.7 Å². The van der Waals surface area contributed by atoms with Gasteiger partial charge in [-0.25, -0.2) is 34.0 Å². The highest BCUT2D eigenvalue weighted by atomic mass is 16.2. The molecule has 1 fully saturated rings. The van der Waals surface area contributed by atoms with E-state index in [1.54, 1.807) is 6.08 Å². The second kappa shape index (κ2) is 18.5. The Bertz CT molecular complexity index is 726. The topological polar surface area (TPSA) is 146 Å². The number of unbranched alkanes of at least 4 members (excludes halogenated alkanes) is 6. The molecule has 1 aliphatic rings. The summed E-state index contributed by atoms with van der Waals surface area (Å²) in [4.78, 5) is 68.8. The van der Waals surface area contributed by atoms with E-state index in [2.05, 4.69) is 25.6 Å². The molecule has 0 aliphatic carbocycles. The van der Waals surface area contributed by atoms with E-state index >= 15 is 0 Å². The van der Waals surface area contributed by atoms with Gasteiger partial charge in [0, 0.05) is 19.5 Å². The van der Waals surface area contributed by atoms with Crippen molar-refractivity contribution in [2.45, 2.75) is 83.2 Å². The molecule has 1 atom stereocenters. The lowest BCUT2D eigenvalue weighted by atomic mass is 10.2. The number of carbonyl (C=O) groups excluding carboxylic acids is 5. The molecule has 1 unspecified atom stereocenters. The Morgan fingerprint density at radius 2 is 1.24 bits per heavy atom. The molecular weight excluding hydrogens is 440 g/mol. The number of hydrogen-bond acceptors (Lipinski definition) is 8. The molecule has 0 bridgehead atoms. The summed E-state index contributed by atoms with van der Waals surface area (Å²) in [7, 11) is 0. The number of aliphatic imine (C=N–C) groups is 3. The molecule has 11 nitrogen and oxygen atoms in total. The minimum atomic E-state index is -0.789. The molecule has 0 saturated carbocycles. The van der Waals surface area contributed by atoms with Crippen LogP contribution in [0.15, 0.2) is 15.0 Å². The van der Waals surface area contributed by atoms with Gasteiger partial charge >= 0.3 is 12.1 Å². The number of imide groups is 1. The summed E-state index contributed by atoms with van der Waals surface area (Å²) in [6.07, 6.45) is 13.1. The number of nitrogens with zero attached hydrogens (tertiary/aromatic N) is 4. The second-order valence-electron chi connectivity index (χ2n) is 8.38. The number of quaternary nitrogens is 1. The molecule has 0 aromatic carbocycles. The van der Waals surface area contributed by atoms with Gasteiger partial charge in [0.15, 0.2) is 0 Å². The first kappa shape index (κ1) is 29.1. The molecule has 2 N–H and O–H groups in total. The van der Waals surface area contributed by atoms with Crippen LogP contribution in [0.5, 0.6) is 0 Å². The largest absolute Gasteiger partial charge is 0.427 e. The Morgan fingerprint density at radius 3 is 1.74 bits per heavy atom. The third kappa shape index (κ3) is 10.3. The van der Waals surface area contributed by atoms with E-state index < -0.39 is 22.7 Å². The lowest BCUT2D eigenvalue weighted by Gasteiger charge is -2.35. The molecule has 0 spiro atoms. The Morgan fingerprint density at radius 1 is 0.706 bits per heavy atom. The van der Waals surface area contributed by atoms with Gasteiger partial charge in [-0.05, 0) is 44.9 Å². The Balaban J connectivity index is 2.70. The van der Waals surface area contributed by atoms with E-state index in [1.165, 1.54) is 12.2 Å². The van der Waals surface area contributed by atoms with Crippen molar-refractivity contribution in [1.29, 1.82) is 0 Å². The predicted molar refractivity (Wildman–Crippen MR) is 125 cm³/mol. The number of likely N-dealkylation sites (tertiary alicyclic amines) is 1. The van der Waals surface area contributed by atoms with Crippen LogP contribution in [0.2, 0.25) is 0 Å². The maximum Gasteiger partial charge on any atom is 0.427 e. The van der Waals surface area contributed by atoms with Crippen LogP contribution in [0.3, 0.4) is 0 Å². The highest BCUT2D eigenvalue weighted by Gasteiger charge is 2.52. The summed E-state index contributed by atoms with van der Waals surface area (Å²) in [6.45, 7) is 2.00. The van der Waals surface area contributed by atoms with E-state index in [0.29, 0.717) is 39.0 Å². The summed E-state index contributed by atoms with van der Waals surface area (Å²) in [5.74, 6) is 0. The number of nitrogens with one attached hydrogen (secondary N) is 2. The number of hydrogen-bond donors (Lipinski definition) is 2. The molecular formula is C23H37N6O5+. The summed E-state index contributed by atoms with van der Waals surface area (Å²) in [5, 5.41) is 5.76. The first-order chi connectivity index (χ1) is 16.6. The molecule has 4 amide bonds. The lowest BCUT2D eigenvalue weighted by Crippen LogP contribution is -2.68. The van der Waals surface area contributed by atoms with E-state index in [1.807, 2.05) is 0 Å². The van der Waals surface area contributed by atoms with Crippen molar-refractivity contribution in [2.24, 2.45) is 15.0 Å². The normalized spacial score (nSPS) is 19.5. The summed E-state index contributed by atoms with van der Waals surface area (Å²) in [6, 6.07) is -0.888. The number of carbonyl (C=O) groups is 2. The van der Waals surface area contributed by atoms with Gasteiger partial charge in [-0.15, -0.1) is 9.48 Å². The second-order valence-corrected chi connectivity index (χ2v) is 8.38. The smallest absolute Gasteiger partial charge is 0.305 e. The fraction of sp³-hybridized carbons (Fsp3) is 0.783. The monoisotopic (exact) mass is 477 g/mol. The molecule has 1 saturated heterocycles. The van der Waals surface area contributed by atoms with Crippen LogP contribution in [0.1, 0.15) is 77.0 Å². The average molecular weight is 478 g/mol. The van der Waals surface area contributed by atoms with Crippen molar-refractivity contribution in [2.75, 3.05) is 32.7 Å². The SMILES string of the molecule is O=C=NCCCCCCNC(=O)[N+]1(C(=O)NCCCCCCN=C=O)CCCCCC1N=C=O. The fourth-order valence-corrected chi connectivity index (χ4v) is 4.13. The minimum absolute atomic E-state index is 0.279. The van der Waals surface area contributed by atoms with Crippen molar-refractivity contribution in [3.8, 4) is 0 Å². The summed E-state index contributed by atoms with van der Waals surface area (Å²) in [5.41, 5.74) is 0. The third-order valence-corrected chi connectivity index (χ3v) is 5.98. The molecule has 34 heavy (non-hydrogen) atoms. The van der Waals surface area contributed by atoms with Crippen molar-refractivity contribution in [1.82, 2.24) is 10.6 Å². The molecule has 0 aromatic heterocycles. The molecule has 0 radical (unpaired) electrons. The van der Waals surface area contributed by atoms with Crippen LogP contribution >= 0.6 is 0 Å². The minimum Gasteiger partial charge on any atom is -0.305 e. The quantitative estimate of drug-likeness (QED) is 0.161. The zero-order valence-electron chi connectivity index (χ0n) is 19.9. The maximum atomic E-state index is 13.3.